The maximum absolute atomic E-state index is 8.95. The Morgan fingerprint density at radius 3 is 2.93 bits per heavy atom. The first kappa shape index (κ1) is 11.4. The first-order chi connectivity index (χ1) is 7.38. The molecule has 2 fully saturated rings. The van der Waals surface area contributed by atoms with Crippen molar-refractivity contribution in [3.63, 3.8) is 0 Å². The van der Waals surface area contributed by atoms with E-state index in [4.69, 9.17) is 9.84 Å². The molecule has 0 spiro atoms. The van der Waals surface area contributed by atoms with Gasteiger partial charge in [0.1, 0.15) is 0 Å². The van der Waals surface area contributed by atoms with Gasteiger partial charge < -0.3 is 14.7 Å². The van der Waals surface area contributed by atoms with Crippen molar-refractivity contribution < 1.29 is 9.84 Å². The lowest BCUT2D eigenvalue weighted by molar-refractivity contribution is 0.121. The van der Waals surface area contributed by atoms with Crippen LogP contribution in [-0.4, -0.2) is 49.5 Å². The van der Waals surface area contributed by atoms with E-state index in [0.717, 1.165) is 31.5 Å². The molecule has 3 nitrogen and oxygen atoms in total. The van der Waals surface area contributed by atoms with Gasteiger partial charge in [-0.25, -0.2) is 0 Å². The summed E-state index contributed by atoms with van der Waals surface area (Å²) >= 11 is 0. The Balaban J connectivity index is 1.71. The van der Waals surface area contributed by atoms with Gasteiger partial charge in [0.15, 0.2) is 0 Å². The van der Waals surface area contributed by atoms with Crippen molar-refractivity contribution in [3.05, 3.63) is 0 Å². The van der Waals surface area contributed by atoms with Gasteiger partial charge in [0.2, 0.25) is 0 Å². The zero-order chi connectivity index (χ0) is 10.5. The number of piperidine rings is 1. The molecule has 2 unspecified atom stereocenters. The molecule has 2 atom stereocenters. The highest BCUT2D eigenvalue weighted by Crippen LogP contribution is 2.22. The third kappa shape index (κ3) is 3.44. The van der Waals surface area contributed by atoms with Crippen LogP contribution in [0.4, 0.5) is 0 Å². The zero-order valence-electron chi connectivity index (χ0n) is 9.53. The number of rotatable bonds is 4. The maximum Gasteiger partial charge on any atom is 0.0507 e. The number of aliphatic hydroxyl groups excluding tert-OH is 1. The predicted molar refractivity (Wildman–Crippen MR) is 59.8 cm³/mol. The number of ether oxygens (including phenoxy) is 1. The van der Waals surface area contributed by atoms with Gasteiger partial charge >= 0.3 is 0 Å². The molecular weight excluding hydrogens is 190 g/mol. The fourth-order valence-corrected chi connectivity index (χ4v) is 2.83. The summed E-state index contributed by atoms with van der Waals surface area (Å²) in [4.78, 5) is 2.57. The zero-order valence-corrected chi connectivity index (χ0v) is 9.53. The monoisotopic (exact) mass is 213 g/mol. The van der Waals surface area contributed by atoms with Crippen molar-refractivity contribution in [1.29, 1.82) is 0 Å². The van der Waals surface area contributed by atoms with E-state index in [1.807, 2.05) is 0 Å². The molecule has 2 rings (SSSR count). The summed E-state index contributed by atoms with van der Waals surface area (Å²) in [6.45, 7) is 5.92. The molecule has 2 aliphatic heterocycles. The van der Waals surface area contributed by atoms with Gasteiger partial charge in [0.05, 0.1) is 6.61 Å². The minimum absolute atomic E-state index is 0.352. The van der Waals surface area contributed by atoms with E-state index in [9.17, 15) is 0 Å². The summed E-state index contributed by atoms with van der Waals surface area (Å²) in [7, 11) is 0. The third-order valence-corrected chi connectivity index (χ3v) is 3.68. The Hall–Kier alpha value is -0.120. The van der Waals surface area contributed by atoms with Crippen LogP contribution < -0.4 is 0 Å². The summed E-state index contributed by atoms with van der Waals surface area (Å²) < 4.78 is 5.41. The lowest BCUT2D eigenvalue weighted by Crippen LogP contribution is -2.39. The number of hydrogen-bond acceptors (Lipinski definition) is 3. The van der Waals surface area contributed by atoms with Crippen molar-refractivity contribution in [3.8, 4) is 0 Å². The van der Waals surface area contributed by atoms with Gasteiger partial charge in [0.25, 0.3) is 0 Å². The van der Waals surface area contributed by atoms with Crippen LogP contribution in [0.25, 0.3) is 0 Å². The highest BCUT2D eigenvalue weighted by atomic mass is 16.5. The van der Waals surface area contributed by atoms with Crippen LogP contribution in [0.2, 0.25) is 0 Å². The van der Waals surface area contributed by atoms with Crippen LogP contribution in [-0.2, 0) is 4.74 Å². The maximum atomic E-state index is 8.95. The third-order valence-electron chi connectivity index (χ3n) is 3.68. The molecule has 0 bridgehead atoms. The van der Waals surface area contributed by atoms with Gasteiger partial charge in [-0.15, -0.1) is 0 Å². The quantitative estimate of drug-likeness (QED) is 0.759. The molecule has 0 aromatic carbocycles. The molecule has 2 saturated heterocycles. The molecule has 0 aliphatic carbocycles. The lowest BCUT2D eigenvalue weighted by Gasteiger charge is -2.33. The first-order valence-corrected chi connectivity index (χ1v) is 6.29. The Kier molecular flexibility index (Phi) is 4.42. The summed E-state index contributed by atoms with van der Waals surface area (Å²) in [6.07, 6.45) is 4.83. The van der Waals surface area contributed by atoms with Gasteiger partial charge in [-0.1, -0.05) is 0 Å². The molecule has 15 heavy (non-hydrogen) atoms. The Bertz CT molecular complexity index is 178. The average Bonchev–Trinajstić information content (AvgIpc) is 2.71. The minimum Gasteiger partial charge on any atom is -0.396 e. The van der Waals surface area contributed by atoms with E-state index >= 15 is 0 Å². The van der Waals surface area contributed by atoms with Gasteiger partial charge in [-0.3, -0.25) is 0 Å². The summed E-state index contributed by atoms with van der Waals surface area (Å²) in [5.41, 5.74) is 0. The van der Waals surface area contributed by atoms with Crippen molar-refractivity contribution in [2.45, 2.75) is 25.7 Å². The molecule has 0 radical (unpaired) electrons. The predicted octanol–water partition coefficient (Wildman–Crippen LogP) is 1.12. The number of likely N-dealkylation sites (tertiary alicyclic amines) is 1. The van der Waals surface area contributed by atoms with Crippen LogP contribution in [0.5, 0.6) is 0 Å². The summed E-state index contributed by atoms with van der Waals surface area (Å²) in [5.74, 6) is 1.49. The minimum atomic E-state index is 0.352. The number of nitrogens with zero attached hydrogens (tertiary/aromatic N) is 1. The molecule has 0 saturated carbocycles. The lowest BCUT2D eigenvalue weighted by atomic mass is 9.94. The molecule has 2 aliphatic rings. The highest BCUT2D eigenvalue weighted by Gasteiger charge is 2.23. The molecule has 88 valence electrons. The number of hydrogen-bond donors (Lipinski definition) is 1. The van der Waals surface area contributed by atoms with E-state index < -0.39 is 0 Å². The molecule has 1 N–H and O–H groups in total. The van der Waals surface area contributed by atoms with Crippen molar-refractivity contribution in [2.24, 2.45) is 11.8 Å². The molecular formula is C12H23NO2. The largest absolute Gasteiger partial charge is 0.396 e. The second kappa shape index (κ2) is 5.83. The van der Waals surface area contributed by atoms with E-state index in [2.05, 4.69) is 4.90 Å². The second-order valence-electron chi connectivity index (χ2n) is 5.01. The summed E-state index contributed by atoms with van der Waals surface area (Å²) in [6, 6.07) is 0. The number of aliphatic hydroxyl groups is 1. The van der Waals surface area contributed by atoms with Crippen molar-refractivity contribution in [1.82, 2.24) is 4.90 Å². The van der Waals surface area contributed by atoms with Gasteiger partial charge in [-0.2, -0.15) is 0 Å². The first-order valence-electron chi connectivity index (χ1n) is 6.29. The van der Waals surface area contributed by atoms with Crippen LogP contribution in [0.3, 0.4) is 0 Å². The molecule has 0 aromatic rings. The van der Waals surface area contributed by atoms with E-state index in [1.165, 1.54) is 38.9 Å². The van der Waals surface area contributed by atoms with Crippen LogP contribution in [0, 0.1) is 11.8 Å². The van der Waals surface area contributed by atoms with Crippen molar-refractivity contribution >= 4 is 0 Å². The van der Waals surface area contributed by atoms with E-state index in [1.54, 1.807) is 0 Å². The van der Waals surface area contributed by atoms with E-state index in [0.29, 0.717) is 6.61 Å². The highest BCUT2D eigenvalue weighted by molar-refractivity contribution is 4.76. The standard InChI is InChI=1S/C12H23NO2/c14-6-3-11-2-1-5-13(8-11)9-12-4-7-15-10-12/h11-12,14H,1-10H2. The van der Waals surface area contributed by atoms with E-state index in [-0.39, 0.29) is 0 Å². The van der Waals surface area contributed by atoms with Crippen LogP contribution >= 0.6 is 0 Å². The SMILES string of the molecule is OCCC1CCCN(CC2CCOC2)C1. The van der Waals surface area contributed by atoms with Gasteiger partial charge in [0, 0.05) is 26.3 Å². The van der Waals surface area contributed by atoms with Gasteiger partial charge in [-0.05, 0) is 44.1 Å². The molecule has 2 heterocycles. The Labute approximate surface area is 92.4 Å². The Morgan fingerprint density at radius 2 is 2.20 bits per heavy atom. The van der Waals surface area contributed by atoms with Crippen molar-refractivity contribution in [2.75, 3.05) is 39.5 Å². The molecule has 0 amide bonds. The average molecular weight is 213 g/mol. The topological polar surface area (TPSA) is 32.7 Å². The molecule has 3 heteroatoms. The molecule has 0 aromatic heterocycles. The fraction of sp³-hybridized carbons (Fsp3) is 1.00. The summed E-state index contributed by atoms with van der Waals surface area (Å²) in [5, 5.41) is 8.95. The Morgan fingerprint density at radius 1 is 1.27 bits per heavy atom. The smallest absolute Gasteiger partial charge is 0.0507 e. The van der Waals surface area contributed by atoms with Crippen LogP contribution in [0.15, 0.2) is 0 Å². The second-order valence-corrected chi connectivity index (χ2v) is 5.01. The fourth-order valence-electron chi connectivity index (χ4n) is 2.83. The normalized spacial score (nSPS) is 33.4. The van der Waals surface area contributed by atoms with Crippen LogP contribution in [0.1, 0.15) is 25.7 Å².